The Labute approximate surface area is 99.5 Å². The van der Waals surface area contributed by atoms with E-state index in [-0.39, 0.29) is 11.8 Å². The molecule has 1 saturated carbocycles. The molecule has 0 saturated heterocycles. The molecule has 2 rings (SSSR count). The molecule has 1 aromatic rings. The number of hydrogen-bond donors (Lipinski definition) is 2. The smallest absolute Gasteiger partial charge is 0.223 e. The van der Waals surface area contributed by atoms with Gasteiger partial charge in [0.1, 0.15) is 0 Å². The maximum absolute atomic E-state index is 11.7. The van der Waals surface area contributed by atoms with Crippen molar-refractivity contribution < 1.29 is 9.90 Å². The molecule has 2 atom stereocenters. The monoisotopic (exact) mass is 239 g/mol. The summed E-state index contributed by atoms with van der Waals surface area (Å²) < 4.78 is 0. The van der Waals surface area contributed by atoms with Gasteiger partial charge in [0.2, 0.25) is 5.91 Å². The van der Waals surface area contributed by atoms with Crippen molar-refractivity contribution in [2.75, 3.05) is 6.54 Å². The van der Waals surface area contributed by atoms with Crippen molar-refractivity contribution >= 4 is 17.2 Å². The maximum atomic E-state index is 11.7. The van der Waals surface area contributed by atoms with Crippen LogP contribution in [0.5, 0.6) is 0 Å². The lowest BCUT2D eigenvalue weighted by molar-refractivity contribution is -0.125. The first-order valence-electron chi connectivity index (χ1n) is 5.66. The van der Waals surface area contributed by atoms with E-state index in [9.17, 15) is 9.90 Å². The second kappa shape index (κ2) is 4.97. The summed E-state index contributed by atoms with van der Waals surface area (Å²) in [6.45, 7) is 2.27. The van der Waals surface area contributed by atoms with Crippen LogP contribution in [0.15, 0.2) is 16.8 Å². The maximum Gasteiger partial charge on any atom is 0.223 e. The molecule has 88 valence electrons. The molecule has 1 aliphatic rings. The summed E-state index contributed by atoms with van der Waals surface area (Å²) in [4.78, 5) is 11.7. The van der Waals surface area contributed by atoms with E-state index in [4.69, 9.17) is 0 Å². The lowest BCUT2D eigenvalue weighted by atomic mass is 10.1. The summed E-state index contributed by atoms with van der Waals surface area (Å²) in [5, 5.41) is 16.4. The number of hydrogen-bond acceptors (Lipinski definition) is 3. The summed E-state index contributed by atoms with van der Waals surface area (Å²) in [5.41, 5.74) is 0.879. The van der Waals surface area contributed by atoms with Gasteiger partial charge in [-0.3, -0.25) is 4.79 Å². The topological polar surface area (TPSA) is 49.3 Å². The Balaban J connectivity index is 1.76. The summed E-state index contributed by atoms with van der Waals surface area (Å²) in [5.74, 6) is 0.727. The van der Waals surface area contributed by atoms with E-state index in [1.165, 1.54) is 12.8 Å². The van der Waals surface area contributed by atoms with Crippen LogP contribution in [0, 0.1) is 11.8 Å². The Morgan fingerprint density at radius 2 is 2.44 bits per heavy atom. The molecule has 1 aromatic heterocycles. The Morgan fingerprint density at radius 1 is 1.69 bits per heavy atom. The largest absolute Gasteiger partial charge is 0.387 e. The zero-order valence-electron chi connectivity index (χ0n) is 9.35. The van der Waals surface area contributed by atoms with Crippen LogP contribution in [0.25, 0.3) is 0 Å². The van der Waals surface area contributed by atoms with E-state index < -0.39 is 6.10 Å². The van der Waals surface area contributed by atoms with Crippen molar-refractivity contribution in [2.45, 2.75) is 25.9 Å². The Bertz CT molecular complexity index is 346. The minimum Gasteiger partial charge on any atom is -0.387 e. The SMILES string of the molecule is CC(C(=O)NCC(O)c1ccsc1)C1CC1. The van der Waals surface area contributed by atoms with Crippen LogP contribution in [0.1, 0.15) is 31.4 Å². The van der Waals surface area contributed by atoms with Crippen LogP contribution in [-0.4, -0.2) is 17.6 Å². The molecule has 0 bridgehead atoms. The van der Waals surface area contributed by atoms with Gasteiger partial charge >= 0.3 is 0 Å². The van der Waals surface area contributed by atoms with Gasteiger partial charge in [-0.25, -0.2) is 0 Å². The van der Waals surface area contributed by atoms with E-state index in [0.29, 0.717) is 12.5 Å². The average Bonchev–Trinajstić information content (AvgIpc) is 2.99. The van der Waals surface area contributed by atoms with Crippen LogP contribution in [0.3, 0.4) is 0 Å². The van der Waals surface area contributed by atoms with Crippen molar-refractivity contribution in [1.29, 1.82) is 0 Å². The fraction of sp³-hybridized carbons (Fsp3) is 0.583. The second-order valence-electron chi connectivity index (χ2n) is 4.44. The molecular formula is C12H17NO2S. The van der Waals surface area contributed by atoms with Crippen LogP contribution in [0.4, 0.5) is 0 Å². The molecule has 2 unspecified atom stereocenters. The molecule has 0 spiro atoms. The average molecular weight is 239 g/mol. The third kappa shape index (κ3) is 2.83. The normalized spacial score (nSPS) is 19.1. The summed E-state index contributed by atoms with van der Waals surface area (Å²) in [6, 6.07) is 1.88. The van der Waals surface area contributed by atoms with Gasteiger partial charge in [0.05, 0.1) is 6.10 Å². The number of amides is 1. The summed E-state index contributed by atoms with van der Waals surface area (Å²) in [7, 11) is 0. The predicted molar refractivity (Wildman–Crippen MR) is 64.2 cm³/mol. The van der Waals surface area contributed by atoms with Crippen molar-refractivity contribution in [1.82, 2.24) is 5.32 Å². The molecular weight excluding hydrogens is 222 g/mol. The van der Waals surface area contributed by atoms with Gasteiger partial charge in [-0.05, 0) is 41.1 Å². The van der Waals surface area contributed by atoms with Crippen molar-refractivity contribution in [2.24, 2.45) is 11.8 Å². The molecule has 2 N–H and O–H groups in total. The first-order valence-corrected chi connectivity index (χ1v) is 6.60. The molecule has 16 heavy (non-hydrogen) atoms. The van der Waals surface area contributed by atoms with Gasteiger partial charge < -0.3 is 10.4 Å². The Hall–Kier alpha value is -0.870. The van der Waals surface area contributed by atoms with E-state index in [1.807, 2.05) is 23.8 Å². The van der Waals surface area contributed by atoms with Crippen LogP contribution < -0.4 is 5.32 Å². The molecule has 4 heteroatoms. The fourth-order valence-electron chi connectivity index (χ4n) is 1.75. The van der Waals surface area contributed by atoms with Gasteiger partial charge in [-0.2, -0.15) is 11.3 Å². The summed E-state index contributed by atoms with van der Waals surface area (Å²) in [6.07, 6.45) is 1.75. The Kier molecular flexibility index (Phi) is 3.61. The molecule has 1 heterocycles. The number of nitrogens with one attached hydrogen (secondary N) is 1. The number of carbonyl (C=O) groups is 1. The van der Waals surface area contributed by atoms with Crippen LogP contribution in [-0.2, 0) is 4.79 Å². The highest BCUT2D eigenvalue weighted by Crippen LogP contribution is 2.36. The van der Waals surface area contributed by atoms with Crippen molar-refractivity contribution in [3.8, 4) is 0 Å². The van der Waals surface area contributed by atoms with E-state index in [0.717, 1.165) is 5.56 Å². The first kappa shape index (κ1) is 11.6. The lowest BCUT2D eigenvalue weighted by Gasteiger charge is -2.14. The highest BCUT2D eigenvalue weighted by atomic mass is 32.1. The second-order valence-corrected chi connectivity index (χ2v) is 5.22. The third-order valence-corrected chi connectivity index (χ3v) is 3.84. The minimum absolute atomic E-state index is 0.0665. The molecule has 0 aromatic carbocycles. The summed E-state index contributed by atoms with van der Waals surface area (Å²) >= 11 is 1.55. The van der Waals surface area contributed by atoms with E-state index in [2.05, 4.69) is 5.32 Å². The van der Waals surface area contributed by atoms with E-state index in [1.54, 1.807) is 11.3 Å². The molecule has 3 nitrogen and oxygen atoms in total. The highest BCUT2D eigenvalue weighted by Gasteiger charge is 2.32. The third-order valence-electron chi connectivity index (χ3n) is 3.14. The number of aliphatic hydroxyl groups excluding tert-OH is 1. The van der Waals surface area contributed by atoms with Gasteiger partial charge in [-0.15, -0.1) is 0 Å². The first-order chi connectivity index (χ1) is 7.68. The van der Waals surface area contributed by atoms with Gasteiger partial charge in [-0.1, -0.05) is 6.92 Å². The lowest BCUT2D eigenvalue weighted by Crippen LogP contribution is -2.33. The van der Waals surface area contributed by atoms with Gasteiger partial charge in [0.25, 0.3) is 0 Å². The van der Waals surface area contributed by atoms with Crippen molar-refractivity contribution in [3.63, 3.8) is 0 Å². The molecule has 0 radical (unpaired) electrons. The highest BCUT2D eigenvalue weighted by molar-refractivity contribution is 7.07. The molecule has 1 fully saturated rings. The fourth-order valence-corrected chi connectivity index (χ4v) is 2.46. The molecule has 1 amide bonds. The van der Waals surface area contributed by atoms with E-state index >= 15 is 0 Å². The van der Waals surface area contributed by atoms with Gasteiger partial charge in [0, 0.05) is 12.5 Å². The quantitative estimate of drug-likeness (QED) is 0.825. The van der Waals surface area contributed by atoms with Gasteiger partial charge in [0.15, 0.2) is 0 Å². The van der Waals surface area contributed by atoms with Crippen molar-refractivity contribution in [3.05, 3.63) is 22.4 Å². The number of rotatable bonds is 5. The minimum atomic E-state index is -0.582. The number of aliphatic hydroxyl groups is 1. The van der Waals surface area contributed by atoms with Crippen LogP contribution >= 0.6 is 11.3 Å². The van der Waals surface area contributed by atoms with Crippen LogP contribution in [0.2, 0.25) is 0 Å². The predicted octanol–water partition coefficient (Wildman–Crippen LogP) is 1.94. The number of thiophene rings is 1. The standard InChI is InChI=1S/C12H17NO2S/c1-8(9-2-3-9)12(15)13-6-11(14)10-4-5-16-7-10/h4-5,7-9,11,14H,2-3,6H2,1H3,(H,13,15). The zero-order chi connectivity index (χ0) is 11.5. The number of carbonyl (C=O) groups excluding carboxylic acids is 1. The molecule has 1 aliphatic carbocycles. The molecule has 0 aliphatic heterocycles. The Morgan fingerprint density at radius 3 is 3.00 bits per heavy atom. The zero-order valence-corrected chi connectivity index (χ0v) is 10.2.